The van der Waals surface area contributed by atoms with Crippen molar-refractivity contribution in [3.05, 3.63) is 0 Å². The summed E-state index contributed by atoms with van der Waals surface area (Å²) in [6.07, 6.45) is 0.402. The zero-order valence-electron chi connectivity index (χ0n) is 7.63. The number of methoxy groups -OCH3 is 1. The lowest BCUT2D eigenvalue weighted by molar-refractivity contribution is -0.130. The van der Waals surface area contributed by atoms with Gasteiger partial charge in [-0.2, -0.15) is 0 Å². The second-order valence-electron chi connectivity index (χ2n) is 2.67. The number of hydrogen-bond acceptors (Lipinski definition) is 3. The molecule has 0 aliphatic carbocycles. The molecular weight excluding hydrogens is 158 g/mol. The Morgan fingerprint density at radius 2 is 2.17 bits per heavy atom. The molecule has 0 bridgehead atoms. The second-order valence-corrected chi connectivity index (χ2v) is 2.67. The summed E-state index contributed by atoms with van der Waals surface area (Å²) in [4.78, 5) is 10.4. The predicted molar refractivity (Wildman–Crippen MR) is 45.6 cm³/mol. The summed E-state index contributed by atoms with van der Waals surface area (Å²) in [5, 5.41) is 15.8. The number of nitrogens with one attached hydrogen (secondary N) is 1. The minimum absolute atomic E-state index is 0.210. The first kappa shape index (κ1) is 11.1. The Morgan fingerprint density at radius 1 is 1.67 bits per heavy atom. The molecule has 0 aromatic heterocycles. The number of aliphatic carboxylic acids is 1. The molecule has 0 saturated heterocycles. The van der Waals surface area contributed by atoms with Gasteiger partial charge in [0.1, 0.15) is 5.71 Å². The highest BCUT2D eigenvalue weighted by molar-refractivity contribution is 6.35. The van der Waals surface area contributed by atoms with E-state index in [-0.39, 0.29) is 17.7 Å². The molecule has 2 unspecified atom stereocenters. The lowest BCUT2D eigenvalue weighted by atomic mass is 9.95. The third kappa shape index (κ3) is 2.62. The van der Waals surface area contributed by atoms with Gasteiger partial charge in [0.15, 0.2) is 0 Å². The fourth-order valence-electron chi connectivity index (χ4n) is 1.09. The van der Waals surface area contributed by atoms with Gasteiger partial charge >= 0.3 is 5.97 Å². The van der Waals surface area contributed by atoms with E-state index in [1.165, 1.54) is 7.11 Å². The minimum atomic E-state index is -1.16. The van der Waals surface area contributed by atoms with E-state index in [0.717, 1.165) is 0 Å². The van der Waals surface area contributed by atoms with Crippen LogP contribution in [-0.4, -0.2) is 30.0 Å². The molecule has 0 radical (unpaired) electrons. The molecule has 0 aromatic rings. The minimum Gasteiger partial charge on any atom is -0.477 e. The van der Waals surface area contributed by atoms with Gasteiger partial charge in [-0.3, -0.25) is 5.41 Å². The van der Waals surface area contributed by atoms with Crippen LogP contribution in [0.4, 0.5) is 0 Å². The number of carbonyl (C=O) groups is 1. The van der Waals surface area contributed by atoms with Crippen LogP contribution in [0.2, 0.25) is 0 Å². The maximum Gasteiger partial charge on any atom is 0.349 e. The largest absolute Gasteiger partial charge is 0.477 e. The molecule has 0 heterocycles. The predicted octanol–water partition coefficient (Wildman–Crippen LogP) is 1.15. The van der Waals surface area contributed by atoms with Gasteiger partial charge in [-0.05, 0) is 13.3 Å². The summed E-state index contributed by atoms with van der Waals surface area (Å²) < 4.78 is 4.97. The number of hydrogen-bond donors (Lipinski definition) is 2. The van der Waals surface area contributed by atoms with Crippen molar-refractivity contribution in [2.45, 2.75) is 26.4 Å². The highest BCUT2D eigenvalue weighted by atomic mass is 16.5. The van der Waals surface area contributed by atoms with E-state index in [1.54, 1.807) is 6.92 Å². The van der Waals surface area contributed by atoms with E-state index in [2.05, 4.69) is 0 Å². The van der Waals surface area contributed by atoms with Crippen LogP contribution in [0.25, 0.3) is 0 Å². The van der Waals surface area contributed by atoms with Crippen molar-refractivity contribution in [1.82, 2.24) is 0 Å². The molecule has 0 amide bonds. The molecular formula is C8H15NO3. The van der Waals surface area contributed by atoms with Crippen molar-refractivity contribution in [2.24, 2.45) is 5.92 Å². The van der Waals surface area contributed by atoms with Gasteiger partial charge in [-0.25, -0.2) is 4.79 Å². The molecule has 2 N–H and O–H groups in total. The molecule has 4 nitrogen and oxygen atoms in total. The van der Waals surface area contributed by atoms with Gasteiger partial charge in [0.25, 0.3) is 0 Å². The van der Waals surface area contributed by atoms with Crippen molar-refractivity contribution in [3.8, 4) is 0 Å². The van der Waals surface area contributed by atoms with Crippen molar-refractivity contribution in [2.75, 3.05) is 7.11 Å². The van der Waals surface area contributed by atoms with Gasteiger partial charge in [0, 0.05) is 13.0 Å². The van der Waals surface area contributed by atoms with Crippen LogP contribution in [0.1, 0.15) is 20.3 Å². The maximum atomic E-state index is 10.4. The average molecular weight is 173 g/mol. The van der Waals surface area contributed by atoms with Gasteiger partial charge in [0.05, 0.1) is 6.10 Å². The maximum absolute atomic E-state index is 10.4. The first-order valence-corrected chi connectivity index (χ1v) is 3.89. The molecule has 0 rings (SSSR count). The summed E-state index contributed by atoms with van der Waals surface area (Å²) in [6, 6.07) is 0. The molecule has 0 fully saturated rings. The second kappa shape index (κ2) is 4.87. The number of carboxylic acids is 1. The molecule has 0 aliphatic rings. The third-order valence-electron chi connectivity index (χ3n) is 1.98. The van der Waals surface area contributed by atoms with E-state index >= 15 is 0 Å². The van der Waals surface area contributed by atoms with Gasteiger partial charge in [0.2, 0.25) is 0 Å². The highest BCUT2D eigenvalue weighted by Crippen LogP contribution is 2.12. The molecule has 2 atom stereocenters. The lowest BCUT2D eigenvalue weighted by Crippen LogP contribution is -2.31. The average Bonchev–Trinajstić information content (AvgIpc) is 2.05. The topological polar surface area (TPSA) is 70.4 Å². The molecule has 0 aromatic carbocycles. The molecule has 70 valence electrons. The van der Waals surface area contributed by atoms with Crippen LogP contribution in [0.5, 0.6) is 0 Å². The summed E-state index contributed by atoms with van der Waals surface area (Å²) in [5.74, 6) is -1.47. The van der Waals surface area contributed by atoms with Crippen molar-refractivity contribution < 1.29 is 14.6 Å². The van der Waals surface area contributed by atoms with Crippen LogP contribution in [0, 0.1) is 11.3 Å². The fourth-order valence-corrected chi connectivity index (χ4v) is 1.09. The van der Waals surface area contributed by atoms with Gasteiger partial charge in [-0.15, -0.1) is 0 Å². The Kier molecular flexibility index (Phi) is 4.51. The van der Waals surface area contributed by atoms with E-state index in [0.29, 0.717) is 6.42 Å². The van der Waals surface area contributed by atoms with Crippen LogP contribution in [0.3, 0.4) is 0 Å². The summed E-state index contributed by atoms with van der Waals surface area (Å²) >= 11 is 0. The third-order valence-corrected chi connectivity index (χ3v) is 1.98. The molecule has 0 aliphatic heterocycles. The van der Waals surface area contributed by atoms with Crippen LogP contribution >= 0.6 is 0 Å². The van der Waals surface area contributed by atoms with E-state index in [4.69, 9.17) is 15.3 Å². The first-order chi connectivity index (χ1) is 5.54. The molecule has 0 saturated carbocycles. The fraction of sp³-hybridized carbons (Fsp3) is 0.750. The standard InChI is InChI=1S/C8H15NO3/c1-4-6(5(2)12-3)7(9)8(10)11/h5-6,9H,4H2,1-3H3,(H,10,11). The highest BCUT2D eigenvalue weighted by Gasteiger charge is 2.24. The Labute approximate surface area is 72.0 Å². The zero-order valence-corrected chi connectivity index (χ0v) is 7.63. The number of ether oxygens (including phenoxy) is 1. The zero-order chi connectivity index (χ0) is 9.72. The Bertz CT molecular complexity index is 179. The van der Waals surface area contributed by atoms with Crippen LogP contribution in [-0.2, 0) is 9.53 Å². The SMILES string of the molecule is CCC(C(=N)C(=O)O)C(C)OC. The molecule has 0 spiro atoms. The Balaban J connectivity index is 4.34. The normalized spacial score (nSPS) is 15.2. The number of carboxylic acid groups (broad SMARTS) is 1. The Hall–Kier alpha value is -0.900. The Morgan fingerprint density at radius 3 is 2.42 bits per heavy atom. The van der Waals surface area contributed by atoms with Crippen molar-refractivity contribution >= 4 is 11.7 Å². The summed E-state index contributed by atoms with van der Waals surface area (Å²) in [6.45, 7) is 3.61. The van der Waals surface area contributed by atoms with E-state index < -0.39 is 5.97 Å². The van der Waals surface area contributed by atoms with Crippen molar-refractivity contribution in [1.29, 1.82) is 5.41 Å². The van der Waals surface area contributed by atoms with E-state index in [1.807, 2.05) is 6.92 Å². The lowest BCUT2D eigenvalue weighted by Gasteiger charge is -2.19. The van der Waals surface area contributed by atoms with Crippen LogP contribution in [0.15, 0.2) is 0 Å². The monoisotopic (exact) mass is 173 g/mol. The first-order valence-electron chi connectivity index (χ1n) is 3.89. The molecule has 12 heavy (non-hydrogen) atoms. The quantitative estimate of drug-likeness (QED) is 0.613. The van der Waals surface area contributed by atoms with Crippen LogP contribution < -0.4 is 0 Å². The smallest absolute Gasteiger partial charge is 0.349 e. The van der Waals surface area contributed by atoms with Gasteiger partial charge in [-0.1, -0.05) is 6.92 Å². The summed E-state index contributed by atoms with van der Waals surface area (Å²) in [5.41, 5.74) is -0.271. The summed E-state index contributed by atoms with van der Waals surface area (Å²) in [7, 11) is 1.52. The number of rotatable bonds is 5. The molecule has 4 heteroatoms. The van der Waals surface area contributed by atoms with Gasteiger partial charge < -0.3 is 9.84 Å². The van der Waals surface area contributed by atoms with E-state index in [9.17, 15) is 4.79 Å². The van der Waals surface area contributed by atoms with Crippen molar-refractivity contribution in [3.63, 3.8) is 0 Å².